The predicted octanol–water partition coefficient (Wildman–Crippen LogP) is 3.42. The third-order valence-electron chi connectivity index (χ3n) is 2.49. The summed E-state index contributed by atoms with van der Waals surface area (Å²) in [6, 6.07) is 12.2. The summed E-state index contributed by atoms with van der Waals surface area (Å²) < 4.78 is 0. The molecule has 0 aromatic heterocycles. The Hall–Kier alpha value is -1.05. The van der Waals surface area contributed by atoms with E-state index < -0.39 is 0 Å². The Bertz CT molecular complexity index is 465. The van der Waals surface area contributed by atoms with Gasteiger partial charge in [0, 0.05) is 11.6 Å². The van der Waals surface area contributed by atoms with Crippen molar-refractivity contribution >= 4 is 22.4 Å². The highest BCUT2D eigenvalue weighted by Gasteiger charge is 1.97. The van der Waals surface area contributed by atoms with Crippen molar-refractivity contribution in [2.45, 2.75) is 12.8 Å². The average molecular weight is 221 g/mol. The van der Waals surface area contributed by atoms with Crippen LogP contribution < -0.4 is 0 Å². The van der Waals surface area contributed by atoms with Crippen LogP contribution in [0.1, 0.15) is 12.0 Å². The summed E-state index contributed by atoms with van der Waals surface area (Å²) in [6.45, 7) is 0.249. The van der Waals surface area contributed by atoms with Crippen LogP contribution in [-0.4, -0.2) is 11.7 Å². The Morgan fingerprint density at radius 1 is 1.00 bits per heavy atom. The monoisotopic (exact) mass is 220 g/mol. The molecule has 0 amide bonds. The lowest BCUT2D eigenvalue weighted by Gasteiger charge is -2.03. The second kappa shape index (κ2) is 4.65. The van der Waals surface area contributed by atoms with Gasteiger partial charge in [-0.15, -0.1) is 0 Å². The van der Waals surface area contributed by atoms with Crippen molar-refractivity contribution in [3.63, 3.8) is 0 Å². The molecule has 0 aliphatic carbocycles. The van der Waals surface area contributed by atoms with Gasteiger partial charge in [-0.1, -0.05) is 35.9 Å². The molecule has 2 aromatic carbocycles. The number of benzene rings is 2. The summed E-state index contributed by atoms with van der Waals surface area (Å²) in [5, 5.41) is 11.9. The Morgan fingerprint density at radius 3 is 2.53 bits per heavy atom. The van der Waals surface area contributed by atoms with Crippen LogP contribution in [0.3, 0.4) is 0 Å². The first-order valence-corrected chi connectivity index (χ1v) is 5.46. The normalized spacial score (nSPS) is 10.8. The Kier molecular flexibility index (Phi) is 3.24. The van der Waals surface area contributed by atoms with Gasteiger partial charge in [0.15, 0.2) is 0 Å². The molecule has 0 unspecified atom stereocenters. The molecule has 0 atom stereocenters. The molecule has 15 heavy (non-hydrogen) atoms. The van der Waals surface area contributed by atoms with E-state index in [1.807, 2.05) is 18.2 Å². The maximum atomic E-state index is 8.76. The van der Waals surface area contributed by atoms with Crippen LogP contribution >= 0.6 is 11.6 Å². The minimum absolute atomic E-state index is 0.249. The molecule has 0 saturated carbocycles. The molecule has 78 valence electrons. The lowest BCUT2D eigenvalue weighted by atomic mass is 10.0. The lowest BCUT2D eigenvalue weighted by Crippen LogP contribution is -1.89. The smallest absolute Gasteiger partial charge is 0.0434 e. The molecular weight excluding hydrogens is 208 g/mol. The summed E-state index contributed by atoms with van der Waals surface area (Å²) in [5.41, 5.74) is 1.26. The number of aryl methyl sites for hydroxylation is 1. The maximum absolute atomic E-state index is 8.76. The molecule has 2 rings (SSSR count). The highest BCUT2D eigenvalue weighted by Crippen LogP contribution is 2.21. The van der Waals surface area contributed by atoms with Crippen LogP contribution in [-0.2, 0) is 6.42 Å². The fourth-order valence-electron chi connectivity index (χ4n) is 1.70. The summed E-state index contributed by atoms with van der Waals surface area (Å²) in [6.07, 6.45) is 1.74. The van der Waals surface area contributed by atoms with Crippen molar-refractivity contribution in [3.8, 4) is 0 Å². The number of halogens is 1. The maximum Gasteiger partial charge on any atom is 0.0434 e. The van der Waals surface area contributed by atoms with E-state index >= 15 is 0 Å². The summed E-state index contributed by atoms with van der Waals surface area (Å²) >= 11 is 5.91. The summed E-state index contributed by atoms with van der Waals surface area (Å²) in [4.78, 5) is 0. The molecule has 0 spiro atoms. The van der Waals surface area contributed by atoms with E-state index in [2.05, 4.69) is 18.2 Å². The minimum atomic E-state index is 0.249. The van der Waals surface area contributed by atoms with Gasteiger partial charge >= 0.3 is 0 Å². The number of aliphatic hydroxyl groups excluding tert-OH is 1. The van der Waals surface area contributed by atoms with E-state index in [4.69, 9.17) is 16.7 Å². The zero-order chi connectivity index (χ0) is 10.7. The number of aliphatic hydroxyl groups is 1. The fraction of sp³-hybridized carbons (Fsp3) is 0.231. The molecule has 0 bridgehead atoms. The first-order chi connectivity index (χ1) is 7.29. The topological polar surface area (TPSA) is 20.2 Å². The quantitative estimate of drug-likeness (QED) is 0.841. The SMILES string of the molecule is OCCCc1ccc2cc(Cl)ccc2c1. The van der Waals surface area contributed by atoms with Crippen LogP contribution in [0.25, 0.3) is 10.8 Å². The van der Waals surface area contributed by atoms with Crippen molar-refractivity contribution in [2.75, 3.05) is 6.61 Å². The molecule has 1 N–H and O–H groups in total. The Balaban J connectivity index is 2.34. The van der Waals surface area contributed by atoms with E-state index in [-0.39, 0.29) is 6.61 Å². The number of hydrogen-bond acceptors (Lipinski definition) is 1. The van der Waals surface area contributed by atoms with Gasteiger partial charge in [-0.05, 0) is 41.3 Å². The number of rotatable bonds is 3. The van der Waals surface area contributed by atoms with Gasteiger partial charge in [-0.25, -0.2) is 0 Å². The zero-order valence-corrected chi connectivity index (χ0v) is 9.17. The van der Waals surface area contributed by atoms with Crippen molar-refractivity contribution in [1.82, 2.24) is 0 Å². The van der Waals surface area contributed by atoms with Gasteiger partial charge < -0.3 is 5.11 Å². The highest BCUT2D eigenvalue weighted by molar-refractivity contribution is 6.31. The molecule has 0 heterocycles. The predicted molar refractivity (Wildman–Crippen MR) is 64.4 cm³/mol. The summed E-state index contributed by atoms with van der Waals surface area (Å²) in [5.74, 6) is 0. The van der Waals surface area contributed by atoms with Crippen molar-refractivity contribution in [2.24, 2.45) is 0 Å². The molecule has 0 fully saturated rings. The van der Waals surface area contributed by atoms with Crippen LogP contribution in [0.4, 0.5) is 0 Å². The van der Waals surface area contributed by atoms with Gasteiger partial charge in [0.1, 0.15) is 0 Å². The van der Waals surface area contributed by atoms with Crippen molar-refractivity contribution in [1.29, 1.82) is 0 Å². The number of hydrogen-bond donors (Lipinski definition) is 1. The van der Waals surface area contributed by atoms with Gasteiger partial charge in [0.05, 0.1) is 0 Å². The van der Waals surface area contributed by atoms with E-state index in [0.717, 1.165) is 23.3 Å². The minimum Gasteiger partial charge on any atom is -0.396 e. The first kappa shape index (κ1) is 10.5. The van der Waals surface area contributed by atoms with Gasteiger partial charge in [-0.2, -0.15) is 0 Å². The zero-order valence-electron chi connectivity index (χ0n) is 8.41. The fourth-order valence-corrected chi connectivity index (χ4v) is 1.89. The summed E-state index contributed by atoms with van der Waals surface area (Å²) in [7, 11) is 0. The largest absolute Gasteiger partial charge is 0.396 e. The van der Waals surface area contributed by atoms with E-state index in [9.17, 15) is 0 Å². The van der Waals surface area contributed by atoms with Crippen molar-refractivity contribution < 1.29 is 5.11 Å². The standard InChI is InChI=1S/C13H13ClO/c14-13-6-5-11-8-10(2-1-7-15)3-4-12(11)9-13/h3-6,8-9,15H,1-2,7H2. The second-order valence-corrected chi connectivity index (χ2v) is 4.09. The number of fused-ring (bicyclic) bond motifs is 1. The van der Waals surface area contributed by atoms with E-state index in [1.165, 1.54) is 10.9 Å². The van der Waals surface area contributed by atoms with E-state index in [1.54, 1.807) is 0 Å². The Labute approximate surface area is 94.3 Å². The average Bonchev–Trinajstić information content (AvgIpc) is 2.26. The molecular formula is C13H13ClO. The van der Waals surface area contributed by atoms with Gasteiger partial charge in [-0.3, -0.25) is 0 Å². The lowest BCUT2D eigenvalue weighted by molar-refractivity contribution is 0.288. The first-order valence-electron chi connectivity index (χ1n) is 5.08. The molecule has 1 nitrogen and oxygen atoms in total. The van der Waals surface area contributed by atoms with Crippen LogP contribution in [0.5, 0.6) is 0 Å². The van der Waals surface area contributed by atoms with Crippen LogP contribution in [0.15, 0.2) is 36.4 Å². The van der Waals surface area contributed by atoms with Crippen LogP contribution in [0.2, 0.25) is 5.02 Å². The molecule has 0 aliphatic rings. The third-order valence-corrected chi connectivity index (χ3v) is 2.73. The Morgan fingerprint density at radius 2 is 1.73 bits per heavy atom. The molecule has 0 saturated heterocycles. The van der Waals surface area contributed by atoms with Crippen molar-refractivity contribution in [3.05, 3.63) is 47.0 Å². The van der Waals surface area contributed by atoms with Gasteiger partial charge in [0.2, 0.25) is 0 Å². The molecule has 2 aromatic rings. The highest BCUT2D eigenvalue weighted by atomic mass is 35.5. The molecule has 0 radical (unpaired) electrons. The van der Waals surface area contributed by atoms with Gasteiger partial charge in [0.25, 0.3) is 0 Å². The second-order valence-electron chi connectivity index (χ2n) is 3.65. The molecule has 2 heteroatoms. The van der Waals surface area contributed by atoms with E-state index in [0.29, 0.717) is 0 Å². The molecule has 0 aliphatic heterocycles. The van der Waals surface area contributed by atoms with Crippen LogP contribution in [0, 0.1) is 0 Å². The third kappa shape index (κ3) is 2.49.